The zero-order chi connectivity index (χ0) is 12.8. The van der Waals surface area contributed by atoms with E-state index < -0.39 is 0 Å². The van der Waals surface area contributed by atoms with E-state index in [4.69, 9.17) is 9.47 Å². The molecule has 18 heavy (non-hydrogen) atoms. The van der Waals surface area contributed by atoms with E-state index in [9.17, 15) is 0 Å². The molecule has 0 fully saturated rings. The highest BCUT2D eigenvalue weighted by Gasteiger charge is 2.12. The van der Waals surface area contributed by atoms with Crippen LogP contribution < -0.4 is 19.7 Å². The van der Waals surface area contributed by atoms with Gasteiger partial charge >= 0.3 is 0 Å². The molecule has 4 nitrogen and oxygen atoms in total. The van der Waals surface area contributed by atoms with Crippen molar-refractivity contribution in [1.82, 2.24) is 5.32 Å². The number of rotatable bonds is 6. The van der Waals surface area contributed by atoms with Gasteiger partial charge in [-0.3, -0.25) is 0 Å². The van der Waals surface area contributed by atoms with Crippen LogP contribution >= 0.6 is 0 Å². The van der Waals surface area contributed by atoms with Crippen molar-refractivity contribution in [2.45, 2.75) is 12.8 Å². The molecular formula is C14H22N2O2. The molecule has 0 spiro atoms. The first-order valence-electron chi connectivity index (χ1n) is 6.56. The number of hydrogen-bond donors (Lipinski definition) is 1. The monoisotopic (exact) mass is 250 g/mol. The molecule has 1 aliphatic rings. The number of nitrogens with zero attached hydrogens (tertiary/aromatic N) is 1. The highest BCUT2D eigenvalue weighted by atomic mass is 16.6. The number of hydrogen-bond acceptors (Lipinski definition) is 4. The van der Waals surface area contributed by atoms with Gasteiger partial charge in [-0.25, -0.2) is 0 Å². The van der Waals surface area contributed by atoms with Crippen LogP contribution in [0.4, 0.5) is 5.69 Å². The third kappa shape index (κ3) is 3.29. The number of benzene rings is 1. The summed E-state index contributed by atoms with van der Waals surface area (Å²) in [5.74, 6) is 1.72. The van der Waals surface area contributed by atoms with E-state index >= 15 is 0 Å². The first-order chi connectivity index (χ1) is 8.81. The molecule has 0 atom stereocenters. The Morgan fingerprint density at radius 2 is 1.94 bits per heavy atom. The second kappa shape index (κ2) is 6.50. The lowest BCUT2D eigenvalue weighted by molar-refractivity contribution is 0.171. The molecule has 0 saturated heterocycles. The maximum absolute atomic E-state index is 5.60. The molecular weight excluding hydrogens is 228 g/mol. The van der Waals surface area contributed by atoms with Crippen LogP contribution in [0.3, 0.4) is 0 Å². The topological polar surface area (TPSA) is 33.7 Å². The molecule has 4 heteroatoms. The zero-order valence-corrected chi connectivity index (χ0v) is 11.2. The molecule has 100 valence electrons. The van der Waals surface area contributed by atoms with Crippen LogP contribution in [-0.2, 0) is 0 Å². The Kier molecular flexibility index (Phi) is 4.70. The van der Waals surface area contributed by atoms with Gasteiger partial charge in [0.1, 0.15) is 13.2 Å². The van der Waals surface area contributed by atoms with Crippen molar-refractivity contribution < 1.29 is 9.47 Å². The largest absolute Gasteiger partial charge is 0.486 e. The Hall–Kier alpha value is -1.42. The van der Waals surface area contributed by atoms with E-state index in [1.165, 1.54) is 18.5 Å². The van der Waals surface area contributed by atoms with Gasteiger partial charge in [0, 0.05) is 25.3 Å². The van der Waals surface area contributed by atoms with Crippen LogP contribution in [0.5, 0.6) is 11.5 Å². The summed E-state index contributed by atoms with van der Waals surface area (Å²) in [6.45, 7) is 3.42. The summed E-state index contributed by atoms with van der Waals surface area (Å²) in [7, 11) is 4.11. The fourth-order valence-electron chi connectivity index (χ4n) is 2.05. The van der Waals surface area contributed by atoms with E-state index in [1.807, 2.05) is 13.1 Å². The maximum Gasteiger partial charge on any atom is 0.163 e. The van der Waals surface area contributed by atoms with E-state index in [0.717, 1.165) is 24.6 Å². The minimum Gasteiger partial charge on any atom is -0.486 e. The molecule has 0 saturated carbocycles. The zero-order valence-electron chi connectivity index (χ0n) is 11.2. The van der Waals surface area contributed by atoms with Crippen LogP contribution in [0.1, 0.15) is 12.8 Å². The van der Waals surface area contributed by atoms with Gasteiger partial charge in [-0.05, 0) is 38.6 Å². The summed E-state index contributed by atoms with van der Waals surface area (Å²) < 4.78 is 11.1. The van der Waals surface area contributed by atoms with Crippen LogP contribution in [-0.4, -0.2) is 40.4 Å². The van der Waals surface area contributed by atoms with Crippen molar-refractivity contribution in [2.24, 2.45) is 0 Å². The number of unbranched alkanes of at least 4 members (excludes halogenated alkanes) is 1. The highest BCUT2D eigenvalue weighted by molar-refractivity contribution is 5.56. The number of ether oxygens (including phenoxy) is 2. The van der Waals surface area contributed by atoms with Crippen molar-refractivity contribution in [2.75, 3.05) is 45.3 Å². The molecule has 2 rings (SSSR count). The Balaban J connectivity index is 1.91. The summed E-state index contributed by atoms with van der Waals surface area (Å²) in [5, 5.41) is 3.17. The molecule has 0 aliphatic carbocycles. The lowest BCUT2D eigenvalue weighted by Crippen LogP contribution is -2.21. The Labute approximate surface area is 109 Å². The summed E-state index contributed by atoms with van der Waals surface area (Å²) in [4.78, 5) is 2.26. The van der Waals surface area contributed by atoms with Crippen molar-refractivity contribution in [1.29, 1.82) is 0 Å². The Bertz CT molecular complexity index is 382. The Morgan fingerprint density at radius 3 is 2.72 bits per heavy atom. The number of anilines is 1. The fourth-order valence-corrected chi connectivity index (χ4v) is 2.05. The van der Waals surface area contributed by atoms with Gasteiger partial charge in [0.05, 0.1) is 0 Å². The summed E-state index contributed by atoms with van der Waals surface area (Å²) in [6, 6.07) is 6.14. The average Bonchev–Trinajstić information content (AvgIpc) is 2.43. The molecule has 1 heterocycles. The lowest BCUT2D eigenvalue weighted by Gasteiger charge is -2.23. The van der Waals surface area contributed by atoms with Gasteiger partial charge in [0.2, 0.25) is 0 Å². The predicted octanol–water partition coefficient (Wildman–Crippen LogP) is 1.89. The van der Waals surface area contributed by atoms with Gasteiger partial charge < -0.3 is 19.7 Å². The average molecular weight is 250 g/mol. The summed E-state index contributed by atoms with van der Waals surface area (Å²) >= 11 is 0. The number of fused-ring (bicyclic) bond motifs is 1. The lowest BCUT2D eigenvalue weighted by atomic mass is 10.2. The van der Waals surface area contributed by atoms with Gasteiger partial charge in [-0.1, -0.05) is 0 Å². The fraction of sp³-hybridized carbons (Fsp3) is 0.571. The van der Waals surface area contributed by atoms with E-state index in [0.29, 0.717) is 13.2 Å². The van der Waals surface area contributed by atoms with Crippen molar-refractivity contribution in [3.63, 3.8) is 0 Å². The molecule has 1 aromatic rings. The van der Waals surface area contributed by atoms with Gasteiger partial charge in [0.15, 0.2) is 11.5 Å². The van der Waals surface area contributed by atoms with Crippen LogP contribution in [0, 0.1) is 0 Å². The summed E-state index contributed by atoms with van der Waals surface area (Å²) in [6.07, 6.45) is 2.39. The van der Waals surface area contributed by atoms with E-state index in [1.54, 1.807) is 0 Å². The molecule has 0 amide bonds. The van der Waals surface area contributed by atoms with Gasteiger partial charge in [-0.15, -0.1) is 0 Å². The van der Waals surface area contributed by atoms with Gasteiger partial charge in [0.25, 0.3) is 0 Å². The third-order valence-corrected chi connectivity index (χ3v) is 3.14. The van der Waals surface area contributed by atoms with E-state index in [2.05, 4.69) is 29.4 Å². The quantitative estimate of drug-likeness (QED) is 0.782. The molecule has 1 N–H and O–H groups in total. The van der Waals surface area contributed by atoms with Crippen LogP contribution in [0.15, 0.2) is 18.2 Å². The van der Waals surface area contributed by atoms with E-state index in [-0.39, 0.29) is 0 Å². The number of nitrogens with one attached hydrogen (secondary N) is 1. The standard InChI is InChI=1S/C14H22N2O2/c1-15-7-3-4-8-16(2)12-5-6-13-14(11-12)18-10-9-17-13/h5-6,11,15H,3-4,7-10H2,1-2H3. The SMILES string of the molecule is CNCCCCN(C)c1ccc2c(c1)OCCO2. The first kappa shape index (κ1) is 13.0. The first-order valence-corrected chi connectivity index (χ1v) is 6.56. The normalized spacial score (nSPS) is 13.4. The molecule has 0 aromatic heterocycles. The summed E-state index contributed by atoms with van der Waals surface area (Å²) in [5.41, 5.74) is 1.18. The van der Waals surface area contributed by atoms with Gasteiger partial charge in [-0.2, -0.15) is 0 Å². The van der Waals surface area contributed by atoms with Crippen molar-refractivity contribution in [3.8, 4) is 11.5 Å². The molecule has 0 bridgehead atoms. The van der Waals surface area contributed by atoms with Crippen molar-refractivity contribution >= 4 is 5.69 Å². The molecule has 1 aromatic carbocycles. The maximum atomic E-state index is 5.60. The predicted molar refractivity (Wildman–Crippen MR) is 73.9 cm³/mol. The second-order valence-corrected chi connectivity index (χ2v) is 4.56. The van der Waals surface area contributed by atoms with Crippen molar-refractivity contribution in [3.05, 3.63) is 18.2 Å². The Morgan fingerprint density at radius 1 is 1.17 bits per heavy atom. The molecule has 0 radical (unpaired) electrons. The minimum absolute atomic E-state index is 0.641. The van der Waals surface area contributed by atoms with Crippen LogP contribution in [0.2, 0.25) is 0 Å². The third-order valence-electron chi connectivity index (χ3n) is 3.14. The smallest absolute Gasteiger partial charge is 0.163 e. The minimum atomic E-state index is 0.641. The molecule has 1 aliphatic heterocycles. The highest BCUT2D eigenvalue weighted by Crippen LogP contribution is 2.33. The molecule has 0 unspecified atom stereocenters. The second-order valence-electron chi connectivity index (χ2n) is 4.56. The van der Waals surface area contributed by atoms with Crippen LogP contribution in [0.25, 0.3) is 0 Å².